The van der Waals surface area contributed by atoms with Gasteiger partial charge >= 0.3 is 0 Å². The number of alkyl halides is 2. The first-order chi connectivity index (χ1) is 5.52. The Morgan fingerprint density at radius 1 is 1.58 bits per heavy atom. The molecule has 2 N–H and O–H groups in total. The maximum absolute atomic E-state index is 12.3. The van der Waals surface area contributed by atoms with Gasteiger partial charge in [0.05, 0.1) is 5.56 Å². The number of nitrogen functional groups attached to an aromatic ring is 1. The number of halogens is 4. The normalized spacial score (nSPS) is 10.8. The van der Waals surface area contributed by atoms with Gasteiger partial charge in [-0.05, 0) is 44.6 Å². The molecule has 0 aliphatic carbocycles. The summed E-state index contributed by atoms with van der Waals surface area (Å²) in [6.45, 7) is 0. The number of pyridine rings is 1. The maximum Gasteiger partial charge on any atom is 0.267 e. The van der Waals surface area contributed by atoms with Crippen LogP contribution in [0.3, 0.4) is 0 Å². The average Bonchev–Trinajstić information content (AvgIpc) is 1.82. The molecule has 0 radical (unpaired) electrons. The van der Waals surface area contributed by atoms with Gasteiger partial charge in [-0.25, -0.2) is 13.8 Å². The Kier molecular flexibility index (Phi) is 3.22. The van der Waals surface area contributed by atoms with Gasteiger partial charge < -0.3 is 5.73 Å². The largest absolute Gasteiger partial charge is 0.384 e. The second kappa shape index (κ2) is 3.82. The summed E-state index contributed by atoms with van der Waals surface area (Å²) < 4.78 is 25.1. The first-order valence-electron chi connectivity index (χ1n) is 2.92. The number of rotatable bonds is 1. The maximum atomic E-state index is 12.3. The molecular formula is C6H4BrF2IN2. The van der Waals surface area contributed by atoms with Crippen molar-refractivity contribution in [3.05, 3.63) is 19.8 Å². The molecule has 0 unspecified atom stereocenters. The fourth-order valence-electron chi connectivity index (χ4n) is 0.706. The van der Waals surface area contributed by atoms with Crippen molar-refractivity contribution < 1.29 is 8.78 Å². The second-order valence-corrected chi connectivity index (χ2v) is 3.95. The van der Waals surface area contributed by atoms with Crippen molar-refractivity contribution in [3.8, 4) is 0 Å². The predicted octanol–water partition coefficient (Wildman–Crippen LogP) is 2.97. The summed E-state index contributed by atoms with van der Waals surface area (Å²) in [5.41, 5.74) is 5.23. The van der Waals surface area contributed by atoms with Crippen LogP contribution in [0.25, 0.3) is 0 Å². The lowest BCUT2D eigenvalue weighted by Gasteiger charge is -2.05. The van der Waals surface area contributed by atoms with Crippen molar-refractivity contribution >= 4 is 44.3 Å². The van der Waals surface area contributed by atoms with Crippen LogP contribution in [0.15, 0.2) is 10.7 Å². The lowest BCUT2D eigenvalue weighted by atomic mass is 10.3. The van der Waals surface area contributed by atoms with Gasteiger partial charge in [0, 0.05) is 3.57 Å². The van der Waals surface area contributed by atoms with Crippen molar-refractivity contribution in [2.24, 2.45) is 0 Å². The molecule has 6 heteroatoms. The topological polar surface area (TPSA) is 38.9 Å². The van der Waals surface area contributed by atoms with E-state index in [0.29, 0.717) is 3.57 Å². The fraction of sp³-hybridized carbons (Fsp3) is 0.167. The average molecular weight is 349 g/mol. The zero-order valence-electron chi connectivity index (χ0n) is 5.69. The Labute approximate surface area is 89.8 Å². The molecule has 1 aromatic heterocycles. The van der Waals surface area contributed by atoms with Gasteiger partial charge in [0.25, 0.3) is 6.43 Å². The van der Waals surface area contributed by atoms with Crippen LogP contribution in [-0.4, -0.2) is 4.98 Å². The van der Waals surface area contributed by atoms with Crippen LogP contribution in [0, 0.1) is 3.57 Å². The number of anilines is 1. The SMILES string of the molecule is Nc1cc(I)c(C(F)F)c(Br)n1. The molecule has 0 saturated carbocycles. The molecule has 1 rings (SSSR count). The Morgan fingerprint density at radius 3 is 2.58 bits per heavy atom. The van der Waals surface area contributed by atoms with Gasteiger partial charge in [-0.1, -0.05) is 0 Å². The third-order valence-corrected chi connectivity index (χ3v) is 2.70. The Balaban J connectivity index is 3.28. The number of hydrogen-bond donors (Lipinski definition) is 1. The molecule has 0 atom stereocenters. The number of hydrogen-bond acceptors (Lipinski definition) is 2. The minimum Gasteiger partial charge on any atom is -0.384 e. The van der Waals surface area contributed by atoms with Crippen molar-refractivity contribution in [1.82, 2.24) is 4.98 Å². The summed E-state index contributed by atoms with van der Waals surface area (Å²) in [5, 5.41) is 0. The van der Waals surface area contributed by atoms with Crippen LogP contribution in [0.5, 0.6) is 0 Å². The van der Waals surface area contributed by atoms with Crippen LogP contribution in [0.1, 0.15) is 12.0 Å². The van der Waals surface area contributed by atoms with E-state index >= 15 is 0 Å². The minimum atomic E-state index is -2.53. The molecular weight excluding hydrogens is 345 g/mol. The van der Waals surface area contributed by atoms with E-state index in [-0.39, 0.29) is 16.0 Å². The first-order valence-corrected chi connectivity index (χ1v) is 4.79. The van der Waals surface area contributed by atoms with Crippen molar-refractivity contribution in [2.45, 2.75) is 6.43 Å². The monoisotopic (exact) mass is 348 g/mol. The van der Waals surface area contributed by atoms with Crippen molar-refractivity contribution in [1.29, 1.82) is 0 Å². The Morgan fingerprint density at radius 2 is 2.17 bits per heavy atom. The van der Waals surface area contributed by atoms with E-state index in [9.17, 15) is 8.78 Å². The molecule has 0 spiro atoms. The lowest BCUT2D eigenvalue weighted by molar-refractivity contribution is 0.149. The molecule has 0 bridgehead atoms. The number of nitrogens with zero attached hydrogens (tertiary/aromatic N) is 1. The van der Waals surface area contributed by atoms with Gasteiger partial charge in [0.15, 0.2) is 0 Å². The second-order valence-electron chi connectivity index (χ2n) is 2.03. The third-order valence-electron chi connectivity index (χ3n) is 1.20. The predicted molar refractivity (Wildman–Crippen MR) is 54.0 cm³/mol. The zero-order valence-corrected chi connectivity index (χ0v) is 9.43. The first kappa shape index (κ1) is 10.1. The minimum absolute atomic E-state index is 0.107. The number of aromatic nitrogens is 1. The van der Waals surface area contributed by atoms with Crippen LogP contribution in [-0.2, 0) is 0 Å². The molecule has 0 aliphatic heterocycles. The highest BCUT2D eigenvalue weighted by Gasteiger charge is 2.17. The van der Waals surface area contributed by atoms with E-state index in [1.54, 1.807) is 22.6 Å². The highest BCUT2D eigenvalue weighted by molar-refractivity contribution is 14.1. The highest BCUT2D eigenvalue weighted by Crippen LogP contribution is 2.31. The summed E-state index contributed by atoms with van der Waals surface area (Å²) in [6, 6.07) is 1.41. The molecule has 0 fully saturated rings. The van der Waals surface area contributed by atoms with E-state index in [1.807, 2.05) is 0 Å². The molecule has 2 nitrogen and oxygen atoms in total. The fourth-order valence-corrected chi connectivity index (χ4v) is 2.48. The summed E-state index contributed by atoms with van der Waals surface area (Å²) in [4.78, 5) is 3.67. The van der Waals surface area contributed by atoms with E-state index in [1.165, 1.54) is 6.07 Å². The van der Waals surface area contributed by atoms with Crippen LogP contribution < -0.4 is 5.73 Å². The van der Waals surface area contributed by atoms with Crippen LogP contribution >= 0.6 is 38.5 Å². The summed E-state index contributed by atoms with van der Waals surface area (Å²) in [5.74, 6) is 0.232. The molecule has 1 heterocycles. The highest BCUT2D eigenvalue weighted by atomic mass is 127. The molecule has 0 aliphatic rings. The third kappa shape index (κ3) is 2.03. The van der Waals surface area contributed by atoms with E-state index in [4.69, 9.17) is 5.73 Å². The van der Waals surface area contributed by atoms with Gasteiger partial charge in [-0.2, -0.15) is 0 Å². The van der Waals surface area contributed by atoms with Gasteiger partial charge in [-0.15, -0.1) is 0 Å². The lowest BCUT2D eigenvalue weighted by Crippen LogP contribution is -1.98. The summed E-state index contributed by atoms with van der Waals surface area (Å²) >= 11 is 4.72. The molecule has 0 aromatic carbocycles. The van der Waals surface area contributed by atoms with Gasteiger partial charge in [-0.3, -0.25) is 0 Å². The summed E-state index contributed by atoms with van der Waals surface area (Å²) in [7, 11) is 0. The van der Waals surface area contributed by atoms with Crippen molar-refractivity contribution in [3.63, 3.8) is 0 Å². The zero-order chi connectivity index (χ0) is 9.30. The van der Waals surface area contributed by atoms with Gasteiger partial charge in [0.1, 0.15) is 10.4 Å². The molecule has 12 heavy (non-hydrogen) atoms. The molecule has 1 aromatic rings. The number of nitrogens with two attached hydrogens (primary N) is 1. The quantitative estimate of drug-likeness (QED) is 0.626. The molecule has 66 valence electrons. The Hall–Kier alpha value is 0.0200. The van der Waals surface area contributed by atoms with Crippen LogP contribution in [0.2, 0.25) is 0 Å². The van der Waals surface area contributed by atoms with E-state index in [0.717, 1.165) is 0 Å². The smallest absolute Gasteiger partial charge is 0.267 e. The summed E-state index contributed by atoms with van der Waals surface area (Å²) in [6.07, 6.45) is -2.53. The van der Waals surface area contributed by atoms with E-state index < -0.39 is 6.43 Å². The molecule has 0 saturated heterocycles. The van der Waals surface area contributed by atoms with Crippen molar-refractivity contribution in [2.75, 3.05) is 5.73 Å². The molecule has 0 amide bonds. The van der Waals surface area contributed by atoms with E-state index in [2.05, 4.69) is 20.9 Å². The Bertz CT molecular complexity index is 283. The standard InChI is InChI=1S/C6H4BrF2IN2/c7-5-4(6(8)9)2(10)1-3(11)12-5/h1,6H,(H2,11,12). The van der Waals surface area contributed by atoms with Gasteiger partial charge in [0.2, 0.25) is 0 Å². The van der Waals surface area contributed by atoms with Crippen LogP contribution in [0.4, 0.5) is 14.6 Å².